The van der Waals surface area contributed by atoms with Crippen LogP contribution in [0.3, 0.4) is 0 Å². The molecule has 1 aromatic carbocycles. The predicted octanol–water partition coefficient (Wildman–Crippen LogP) is -2.53. The summed E-state index contributed by atoms with van der Waals surface area (Å²) >= 11 is 0. The number of nitrogens with one attached hydrogen (secondary N) is 3. The Hall–Kier alpha value is -4.00. The number of benzene rings is 1. The van der Waals surface area contributed by atoms with Crippen molar-refractivity contribution < 1.29 is 39.0 Å². The highest BCUT2D eigenvalue weighted by Gasteiger charge is 2.28. The van der Waals surface area contributed by atoms with E-state index in [9.17, 15) is 28.8 Å². The van der Waals surface area contributed by atoms with Crippen molar-refractivity contribution in [2.45, 2.75) is 43.8 Å². The number of amides is 4. The van der Waals surface area contributed by atoms with Crippen molar-refractivity contribution in [3.05, 3.63) is 35.9 Å². The van der Waals surface area contributed by atoms with Gasteiger partial charge in [0.25, 0.3) is 0 Å². The zero-order valence-electron chi connectivity index (χ0n) is 17.7. The fraction of sp³-hybridized carbons (Fsp3) is 0.400. The molecule has 33 heavy (non-hydrogen) atoms. The topological polar surface area (TPSA) is 231 Å². The molecular formula is C20H27N5O8. The van der Waals surface area contributed by atoms with Gasteiger partial charge in [-0.2, -0.15) is 0 Å². The lowest BCUT2D eigenvalue weighted by molar-refractivity contribution is -0.147. The van der Waals surface area contributed by atoms with Crippen LogP contribution in [0.5, 0.6) is 0 Å². The molecule has 0 aliphatic carbocycles. The molecule has 3 unspecified atom stereocenters. The van der Waals surface area contributed by atoms with Gasteiger partial charge in [-0.3, -0.25) is 24.0 Å². The first-order valence-electron chi connectivity index (χ1n) is 9.89. The molecular weight excluding hydrogens is 438 g/mol. The van der Waals surface area contributed by atoms with Crippen molar-refractivity contribution in [2.24, 2.45) is 11.5 Å². The molecule has 0 spiro atoms. The van der Waals surface area contributed by atoms with Crippen molar-refractivity contribution in [1.29, 1.82) is 0 Å². The largest absolute Gasteiger partial charge is 0.481 e. The van der Waals surface area contributed by atoms with Crippen molar-refractivity contribution in [3.63, 3.8) is 0 Å². The van der Waals surface area contributed by atoms with Gasteiger partial charge in [-0.1, -0.05) is 30.3 Å². The van der Waals surface area contributed by atoms with Crippen LogP contribution in [0.4, 0.5) is 0 Å². The zero-order chi connectivity index (χ0) is 25.0. The monoisotopic (exact) mass is 465 g/mol. The first-order valence-corrected chi connectivity index (χ1v) is 9.89. The van der Waals surface area contributed by atoms with Crippen LogP contribution in [0.2, 0.25) is 0 Å². The van der Waals surface area contributed by atoms with Crippen LogP contribution in [-0.2, 0) is 35.2 Å². The second-order valence-electron chi connectivity index (χ2n) is 7.14. The minimum atomic E-state index is -1.75. The Balaban J connectivity index is 2.68. The Kier molecular flexibility index (Phi) is 11.0. The number of hydrogen-bond donors (Lipinski definition) is 7. The third-order valence-corrected chi connectivity index (χ3v) is 4.38. The molecule has 0 aromatic heterocycles. The second kappa shape index (κ2) is 13.4. The number of rotatable bonds is 14. The SMILES string of the molecule is NC(=O)CCC(NC(=O)CNC(=O)C(N)Cc1ccccc1)C(=O)NC(CC(=O)O)C(=O)O. The van der Waals surface area contributed by atoms with Gasteiger partial charge in [-0.05, 0) is 18.4 Å². The summed E-state index contributed by atoms with van der Waals surface area (Å²) in [5.41, 5.74) is 11.7. The van der Waals surface area contributed by atoms with Crippen LogP contribution in [0.25, 0.3) is 0 Å². The lowest BCUT2D eigenvalue weighted by atomic mass is 10.1. The molecule has 0 radical (unpaired) electrons. The molecule has 0 bridgehead atoms. The lowest BCUT2D eigenvalue weighted by Gasteiger charge is -2.21. The van der Waals surface area contributed by atoms with Crippen molar-refractivity contribution in [1.82, 2.24) is 16.0 Å². The summed E-state index contributed by atoms with van der Waals surface area (Å²) in [7, 11) is 0. The Morgan fingerprint density at radius 3 is 2.09 bits per heavy atom. The molecule has 0 heterocycles. The standard InChI is InChI=1S/C20H27N5O8/c21-12(8-11-4-2-1-3-5-11)18(30)23-10-16(27)24-13(6-7-15(22)26)19(31)25-14(20(32)33)9-17(28)29/h1-5,12-14H,6-10,21H2,(H2,22,26)(H,23,30)(H,24,27)(H,25,31)(H,28,29)(H,32,33). The number of carbonyl (C=O) groups excluding carboxylic acids is 4. The van der Waals surface area contributed by atoms with E-state index in [1.54, 1.807) is 24.3 Å². The van der Waals surface area contributed by atoms with E-state index in [0.29, 0.717) is 0 Å². The predicted molar refractivity (Wildman–Crippen MR) is 113 cm³/mol. The normalized spacial score (nSPS) is 13.1. The number of carbonyl (C=O) groups is 6. The minimum Gasteiger partial charge on any atom is -0.481 e. The number of carboxylic acid groups (broad SMARTS) is 2. The molecule has 180 valence electrons. The summed E-state index contributed by atoms with van der Waals surface area (Å²) in [4.78, 5) is 69.7. The molecule has 0 saturated heterocycles. The molecule has 13 heteroatoms. The Bertz CT molecular complexity index is 876. The van der Waals surface area contributed by atoms with Gasteiger partial charge in [0.05, 0.1) is 19.0 Å². The van der Waals surface area contributed by atoms with Crippen LogP contribution in [0, 0.1) is 0 Å². The summed E-state index contributed by atoms with van der Waals surface area (Å²) < 4.78 is 0. The van der Waals surface area contributed by atoms with E-state index in [2.05, 4.69) is 10.6 Å². The lowest BCUT2D eigenvalue weighted by Crippen LogP contribution is -2.54. The maximum Gasteiger partial charge on any atom is 0.326 e. The van der Waals surface area contributed by atoms with E-state index >= 15 is 0 Å². The van der Waals surface area contributed by atoms with Crippen molar-refractivity contribution >= 4 is 35.6 Å². The van der Waals surface area contributed by atoms with Gasteiger partial charge in [0.1, 0.15) is 12.1 Å². The highest BCUT2D eigenvalue weighted by molar-refractivity contribution is 5.93. The fourth-order valence-electron chi connectivity index (χ4n) is 2.71. The number of hydrogen-bond acceptors (Lipinski definition) is 7. The molecule has 1 rings (SSSR count). The number of primary amides is 1. The molecule has 0 aliphatic heterocycles. The summed E-state index contributed by atoms with van der Waals surface area (Å²) in [6, 6.07) is 4.89. The van der Waals surface area contributed by atoms with Gasteiger partial charge in [-0.25, -0.2) is 4.79 Å². The first kappa shape index (κ1) is 27.0. The minimum absolute atomic E-state index is 0.234. The van der Waals surface area contributed by atoms with Crippen LogP contribution in [-0.4, -0.2) is 70.5 Å². The molecule has 9 N–H and O–H groups in total. The Morgan fingerprint density at radius 2 is 1.55 bits per heavy atom. The molecule has 0 aliphatic rings. The van der Waals surface area contributed by atoms with E-state index in [1.165, 1.54) is 0 Å². The Morgan fingerprint density at radius 1 is 0.909 bits per heavy atom. The fourth-order valence-corrected chi connectivity index (χ4v) is 2.71. The van der Waals surface area contributed by atoms with E-state index in [-0.39, 0.29) is 19.3 Å². The van der Waals surface area contributed by atoms with Gasteiger partial charge < -0.3 is 37.6 Å². The first-order chi connectivity index (χ1) is 15.5. The van der Waals surface area contributed by atoms with Crippen molar-refractivity contribution in [3.8, 4) is 0 Å². The van der Waals surface area contributed by atoms with Crippen LogP contribution in [0.15, 0.2) is 30.3 Å². The molecule has 1 aromatic rings. The van der Waals surface area contributed by atoms with E-state index in [0.717, 1.165) is 5.56 Å². The molecule has 3 atom stereocenters. The van der Waals surface area contributed by atoms with E-state index < -0.39 is 66.7 Å². The van der Waals surface area contributed by atoms with E-state index in [4.69, 9.17) is 21.7 Å². The van der Waals surface area contributed by atoms with Gasteiger partial charge in [-0.15, -0.1) is 0 Å². The maximum absolute atomic E-state index is 12.4. The number of nitrogens with two attached hydrogens (primary N) is 2. The third kappa shape index (κ3) is 10.7. The quantitative estimate of drug-likeness (QED) is 0.153. The molecule has 0 saturated carbocycles. The molecule has 0 fully saturated rings. The number of aliphatic carboxylic acids is 2. The average Bonchev–Trinajstić information content (AvgIpc) is 2.74. The maximum atomic E-state index is 12.4. The smallest absolute Gasteiger partial charge is 0.326 e. The number of carboxylic acids is 2. The molecule has 4 amide bonds. The summed E-state index contributed by atoms with van der Waals surface area (Å²) in [6.45, 7) is -0.543. The highest BCUT2D eigenvalue weighted by atomic mass is 16.4. The average molecular weight is 465 g/mol. The second-order valence-corrected chi connectivity index (χ2v) is 7.14. The third-order valence-electron chi connectivity index (χ3n) is 4.38. The zero-order valence-corrected chi connectivity index (χ0v) is 17.7. The van der Waals surface area contributed by atoms with Gasteiger partial charge in [0, 0.05) is 6.42 Å². The Labute approximate surface area is 188 Å². The van der Waals surface area contributed by atoms with Crippen LogP contribution < -0.4 is 27.4 Å². The highest BCUT2D eigenvalue weighted by Crippen LogP contribution is 2.03. The van der Waals surface area contributed by atoms with Crippen LogP contribution >= 0.6 is 0 Å². The van der Waals surface area contributed by atoms with Gasteiger partial charge in [0.15, 0.2) is 0 Å². The van der Waals surface area contributed by atoms with Crippen LogP contribution in [0.1, 0.15) is 24.8 Å². The summed E-state index contributed by atoms with van der Waals surface area (Å²) in [5.74, 6) is -6.28. The van der Waals surface area contributed by atoms with Crippen molar-refractivity contribution in [2.75, 3.05) is 6.54 Å². The summed E-state index contributed by atoms with van der Waals surface area (Å²) in [6.07, 6.45) is -1.25. The molecule has 13 nitrogen and oxygen atoms in total. The van der Waals surface area contributed by atoms with E-state index in [1.807, 2.05) is 11.4 Å². The van der Waals surface area contributed by atoms with Gasteiger partial charge in [0.2, 0.25) is 23.6 Å². The summed E-state index contributed by atoms with van der Waals surface area (Å²) in [5, 5.41) is 24.4. The van der Waals surface area contributed by atoms with Gasteiger partial charge >= 0.3 is 11.9 Å².